The summed E-state index contributed by atoms with van der Waals surface area (Å²) in [5, 5.41) is 29.6. The number of methoxy groups -OCH3 is 1. The molecule has 160 valence electrons. The zero-order chi connectivity index (χ0) is 21.8. The van der Waals surface area contributed by atoms with Crippen LogP contribution in [0.2, 0.25) is 0 Å². The van der Waals surface area contributed by atoms with E-state index in [1.165, 1.54) is 18.1 Å². The Morgan fingerprint density at radius 2 is 2.10 bits per heavy atom. The molecule has 0 saturated carbocycles. The molecular weight excluding hydrogens is 381 g/mol. The predicted molar refractivity (Wildman–Crippen MR) is 103 cm³/mol. The lowest BCUT2D eigenvalue weighted by Crippen LogP contribution is -2.57. The van der Waals surface area contributed by atoms with Crippen LogP contribution >= 0.6 is 0 Å². The number of piperazine rings is 1. The van der Waals surface area contributed by atoms with Crippen LogP contribution in [0.25, 0.3) is 0 Å². The van der Waals surface area contributed by atoms with Crippen LogP contribution in [0.4, 0.5) is 9.18 Å². The van der Waals surface area contributed by atoms with Gasteiger partial charge in [-0.25, -0.2) is 9.18 Å². The Balaban J connectivity index is 2.11. The van der Waals surface area contributed by atoms with Gasteiger partial charge in [-0.3, -0.25) is 4.90 Å². The van der Waals surface area contributed by atoms with Gasteiger partial charge < -0.3 is 24.6 Å². The van der Waals surface area contributed by atoms with Crippen LogP contribution in [0.3, 0.4) is 0 Å². The summed E-state index contributed by atoms with van der Waals surface area (Å²) in [5.74, 6) is -0.729. The van der Waals surface area contributed by atoms with E-state index < -0.39 is 29.7 Å². The highest BCUT2D eigenvalue weighted by atomic mass is 19.1. The summed E-state index contributed by atoms with van der Waals surface area (Å²) < 4.78 is 24.3. The Hall–Kier alpha value is -2.41. The van der Waals surface area contributed by atoms with Gasteiger partial charge >= 0.3 is 6.09 Å². The van der Waals surface area contributed by atoms with E-state index in [4.69, 9.17) is 14.7 Å². The molecule has 1 amide bonds. The number of nitriles is 1. The van der Waals surface area contributed by atoms with Crippen molar-refractivity contribution in [2.75, 3.05) is 39.9 Å². The molecule has 1 heterocycles. The lowest BCUT2D eigenvalue weighted by molar-refractivity contribution is -0.0149. The number of benzene rings is 1. The summed E-state index contributed by atoms with van der Waals surface area (Å²) in [6.45, 7) is 6.31. The third kappa shape index (κ3) is 5.56. The van der Waals surface area contributed by atoms with E-state index in [1.54, 1.807) is 26.8 Å². The first-order chi connectivity index (χ1) is 13.6. The van der Waals surface area contributed by atoms with Gasteiger partial charge in [0, 0.05) is 31.7 Å². The Morgan fingerprint density at radius 1 is 1.41 bits per heavy atom. The first-order valence-corrected chi connectivity index (χ1v) is 9.38. The third-order valence-electron chi connectivity index (χ3n) is 4.69. The van der Waals surface area contributed by atoms with Crippen LogP contribution in [-0.4, -0.2) is 77.6 Å². The second-order valence-electron chi connectivity index (χ2n) is 7.93. The monoisotopic (exact) mass is 409 g/mol. The molecule has 1 unspecified atom stereocenters. The molecule has 0 bridgehead atoms. The molecule has 0 spiro atoms. The number of carbonyl (C=O) groups is 1. The van der Waals surface area contributed by atoms with Gasteiger partial charge in [0.05, 0.1) is 25.9 Å². The van der Waals surface area contributed by atoms with Crippen LogP contribution < -0.4 is 4.74 Å². The molecule has 1 saturated heterocycles. The quantitative estimate of drug-likeness (QED) is 0.762. The van der Waals surface area contributed by atoms with Gasteiger partial charge in [0.1, 0.15) is 28.8 Å². The highest BCUT2D eigenvalue weighted by Gasteiger charge is 2.33. The number of amides is 1. The Morgan fingerprint density at radius 3 is 2.66 bits per heavy atom. The zero-order valence-electron chi connectivity index (χ0n) is 17.2. The average Bonchev–Trinajstić information content (AvgIpc) is 2.66. The zero-order valence-corrected chi connectivity index (χ0v) is 17.2. The predicted octanol–water partition coefficient (Wildman–Crippen LogP) is 1.65. The summed E-state index contributed by atoms with van der Waals surface area (Å²) in [5.41, 5.74) is -0.592. The first kappa shape index (κ1) is 22.9. The van der Waals surface area contributed by atoms with E-state index in [-0.39, 0.29) is 36.6 Å². The standard InChI is InChI=1S/C20H28FN3O5/c1-20(2,3)29-19(27)24-8-7-23(13(10-24)12-25)11-17(26)14-5-6-16(21)15(9-22)18(14)28-4/h5-6,13,17,25-26H,7-8,10-12H2,1-4H3/t13-,17?/m0/s1. The minimum absolute atomic E-state index is 0.00654. The van der Waals surface area contributed by atoms with Gasteiger partial charge in [0.25, 0.3) is 0 Å². The molecule has 0 radical (unpaired) electrons. The van der Waals surface area contributed by atoms with Gasteiger partial charge in [0.15, 0.2) is 0 Å². The average molecular weight is 409 g/mol. The molecule has 1 aliphatic rings. The number of hydrogen-bond donors (Lipinski definition) is 2. The van der Waals surface area contributed by atoms with Gasteiger partial charge in [-0.15, -0.1) is 0 Å². The molecule has 29 heavy (non-hydrogen) atoms. The van der Waals surface area contributed by atoms with Crippen molar-refractivity contribution in [1.29, 1.82) is 5.26 Å². The Labute approximate surface area is 170 Å². The number of nitrogens with zero attached hydrogens (tertiary/aromatic N) is 3. The number of hydrogen-bond acceptors (Lipinski definition) is 7. The van der Waals surface area contributed by atoms with Crippen LogP contribution in [0, 0.1) is 17.1 Å². The maximum absolute atomic E-state index is 13.8. The van der Waals surface area contributed by atoms with E-state index >= 15 is 0 Å². The van der Waals surface area contributed by atoms with E-state index in [9.17, 15) is 19.4 Å². The topological polar surface area (TPSA) is 106 Å². The Kier molecular flexibility index (Phi) is 7.41. The summed E-state index contributed by atoms with van der Waals surface area (Å²) >= 11 is 0. The fraction of sp³-hybridized carbons (Fsp3) is 0.600. The largest absolute Gasteiger partial charge is 0.495 e. The molecule has 9 heteroatoms. The molecule has 2 atom stereocenters. The third-order valence-corrected chi connectivity index (χ3v) is 4.69. The van der Waals surface area contributed by atoms with Gasteiger partial charge in [-0.1, -0.05) is 0 Å². The number of carbonyl (C=O) groups excluding carboxylic acids is 1. The minimum Gasteiger partial charge on any atom is -0.495 e. The van der Waals surface area contributed by atoms with Crippen molar-refractivity contribution in [2.24, 2.45) is 0 Å². The molecule has 0 aromatic heterocycles. The Bertz CT molecular complexity index is 775. The molecule has 0 aliphatic carbocycles. The van der Waals surface area contributed by atoms with Crippen molar-refractivity contribution < 1.29 is 28.9 Å². The van der Waals surface area contributed by atoms with Crippen molar-refractivity contribution >= 4 is 6.09 Å². The van der Waals surface area contributed by atoms with Crippen molar-refractivity contribution in [2.45, 2.75) is 38.5 Å². The van der Waals surface area contributed by atoms with Crippen LogP contribution in [-0.2, 0) is 4.74 Å². The smallest absolute Gasteiger partial charge is 0.410 e. The highest BCUT2D eigenvalue weighted by Crippen LogP contribution is 2.31. The number of rotatable bonds is 5. The molecule has 1 aromatic rings. The summed E-state index contributed by atoms with van der Waals surface area (Å²) in [6, 6.07) is 3.85. The fourth-order valence-electron chi connectivity index (χ4n) is 3.28. The molecular formula is C20H28FN3O5. The van der Waals surface area contributed by atoms with E-state index in [0.29, 0.717) is 13.1 Å². The van der Waals surface area contributed by atoms with Crippen molar-refractivity contribution in [3.05, 3.63) is 29.1 Å². The lowest BCUT2D eigenvalue weighted by Gasteiger charge is -2.41. The van der Waals surface area contributed by atoms with Crippen LogP contribution in [0.1, 0.15) is 38.0 Å². The van der Waals surface area contributed by atoms with Crippen molar-refractivity contribution in [3.63, 3.8) is 0 Å². The lowest BCUT2D eigenvalue weighted by atomic mass is 10.0. The van der Waals surface area contributed by atoms with Gasteiger partial charge in [-0.05, 0) is 32.9 Å². The number of halogens is 1. The molecule has 2 N–H and O–H groups in total. The molecule has 1 aliphatic heterocycles. The number of ether oxygens (including phenoxy) is 2. The van der Waals surface area contributed by atoms with Gasteiger partial charge in [0.2, 0.25) is 0 Å². The summed E-state index contributed by atoms with van der Waals surface area (Å²) in [4.78, 5) is 15.7. The molecule has 8 nitrogen and oxygen atoms in total. The highest BCUT2D eigenvalue weighted by molar-refractivity contribution is 5.68. The second-order valence-corrected chi connectivity index (χ2v) is 7.93. The first-order valence-electron chi connectivity index (χ1n) is 9.38. The number of aliphatic hydroxyl groups excluding tert-OH is 2. The maximum Gasteiger partial charge on any atom is 0.410 e. The van der Waals surface area contributed by atoms with E-state index in [2.05, 4.69) is 0 Å². The molecule has 1 aromatic carbocycles. The van der Waals surface area contributed by atoms with Gasteiger partial charge in [-0.2, -0.15) is 5.26 Å². The summed E-state index contributed by atoms with van der Waals surface area (Å²) in [6.07, 6.45) is -1.52. The normalized spacial score (nSPS) is 18.8. The number of β-amino-alcohol motifs (C(OH)–C–C–N with tert-alkyl or cyclic N) is 1. The van der Waals surface area contributed by atoms with E-state index in [1.807, 2.05) is 4.90 Å². The van der Waals surface area contributed by atoms with Crippen molar-refractivity contribution in [3.8, 4) is 11.8 Å². The second kappa shape index (κ2) is 9.39. The van der Waals surface area contributed by atoms with Crippen LogP contribution in [0.5, 0.6) is 5.75 Å². The maximum atomic E-state index is 13.8. The fourth-order valence-corrected chi connectivity index (χ4v) is 3.28. The minimum atomic E-state index is -1.07. The molecule has 1 fully saturated rings. The number of aliphatic hydroxyl groups is 2. The SMILES string of the molecule is COc1c(C(O)CN2CCN(C(=O)OC(C)(C)C)C[C@H]2CO)ccc(F)c1C#N. The molecule has 2 rings (SSSR count). The van der Waals surface area contributed by atoms with Crippen molar-refractivity contribution in [1.82, 2.24) is 9.80 Å². The van der Waals surface area contributed by atoms with Crippen LogP contribution in [0.15, 0.2) is 12.1 Å². The van der Waals surface area contributed by atoms with E-state index in [0.717, 1.165) is 6.07 Å². The summed E-state index contributed by atoms with van der Waals surface area (Å²) in [7, 11) is 1.31.